The maximum absolute atomic E-state index is 9.48. The van der Waals surface area contributed by atoms with Crippen molar-refractivity contribution < 1.29 is 5.11 Å². The molecule has 1 aromatic carbocycles. The Morgan fingerprint density at radius 3 is 2.62 bits per heavy atom. The van der Waals surface area contributed by atoms with Gasteiger partial charge in [0.2, 0.25) is 0 Å². The second-order valence-electron chi connectivity index (χ2n) is 4.46. The molecule has 0 aliphatic rings. The van der Waals surface area contributed by atoms with Gasteiger partial charge in [-0.2, -0.15) is 0 Å². The number of phenolic OH excluding ortho intramolecular Hbond substituents is 1. The number of benzene rings is 1. The molecular weight excluding hydrogens is 198 g/mol. The third kappa shape index (κ3) is 3.38. The molecule has 0 aliphatic carbocycles. The minimum atomic E-state index is 0.328. The number of hydrogen-bond donors (Lipinski definition) is 1. The van der Waals surface area contributed by atoms with E-state index in [1.807, 2.05) is 25.1 Å². The smallest absolute Gasteiger partial charge is 0.116 e. The van der Waals surface area contributed by atoms with Gasteiger partial charge in [-0.1, -0.05) is 25.1 Å². The lowest BCUT2D eigenvalue weighted by Gasteiger charge is -2.20. The van der Waals surface area contributed by atoms with Gasteiger partial charge in [-0.3, -0.25) is 0 Å². The molecule has 0 spiro atoms. The highest BCUT2D eigenvalue weighted by atomic mass is 16.3. The minimum absolute atomic E-state index is 0.328. The van der Waals surface area contributed by atoms with E-state index in [-0.39, 0.29) is 0 Å². The van der Waals surface area contributed by atoms with Crippen molar-refractivity contribution in [3.05, 3.63) is 35.9 Å². The summed E-state index contributed by atoms with van der Waals surface area (Å²) >= 11 is 0. The molecule has 1 rings (SSSR count). The fraction of sp³-hybridized carbons (Fsp3) is 0.429. The van der Waals surface area contributed by atoms with E-state index in [1.54, 1.807) is 6.07 Å². The number of allylic oxidation sites excluding steroid dienone is 1. The standard InChI is InChI=1S/C14H21NO/c1-5-14(11(2)10-15(3)4)12-7-6-8-13(16)9-12/h5-9,11,16H,10H2,1-4H3/b14-5-/t11-/m0/s1. The van der Waals surface area contributed by atoms with E-state index in [1.165, 1.54) is 5.57 Å². The van der Waals surface area contributed by atoms with Gasteiger partial charge < -0.3 is 10.0 Å². The first-order valence-electron chi connectivity index (χ1n) is 5.65. The number of rotatable bonds is 4. The molecule has 16 heavy (non-hydrogen) atoms. The van der Waals surface area contributed by atoms with Crippen LogP contribution < -0.4 is 0 Å². The predicted octanol–water partition coefficient (Wildman–Crippen LogP) is 2.99. The van der Waals surface area contributed by atoms with E-state index >= 15 is 0 Å². The molecule has 1 atom stereocenters. The summed E-state index contributed by atoms with van der Waals surface area (Å²) in [6, 6.07) is 7.45. The van der Waals surface area contributed by atoms with Crippen molar-refractivity contribution in [2.75, 3.05) is 20.6 Å². The zero-order valence-electron chi connectivity index (χ0n) is 10.6. The van der Waals surface area contributed by atoms with Crippen molar-refractivity contribution in [2.45, 2.75) is 13.8 Å². The zero-order valence-corrected chi connectivity index (χ0v) is 10.6. The van der Waals surface area contributed by atoms with Crippen molar-refractivity contribution in [3.63, 3.8) is 0 Å². The highest BCUT2D eigenvalue weighted by Gasteiger charge is 2.11. The summed E-state index contributed by atoms with van der Waals surface area (Å²) in [5.41, 5.74) is 2.39. The summed E-state index contributed by atoms with van der Waals surface area (Å²) in [5, 5.41) is 9.48. The van der Waals surface area contributed by atoms with Gasteiger partial charge in [-0.05, 0) is 50.2 Å². The molecule has 1 aromatic rings. The summed E-state index contributed by atoms with van der Waals surface area (Å²) < 4.78 is 0. The summed E-state index contributed by atoms with van der Waals surface area (Å²) in [4.78, 5) is 2.18. The first-order valence-corrected chi connectivity index (χ1v) is 5.65. The van der Waals surface area contributed by atoms with Gasteiger partial charge in [-0.15, -0.1) is 0 Å². The summed E-state index contributed by atoms with van der Waals surface area (Å²) in [6.07, 6.45) is 2.13. The molecule has 88 valence electrons. The highest BCUT2D eigenvalue weighted by Crippen LogP contribution is 2.26. The van der Waals surface area contributed by atoms with Crippen LogP contribution in [0.1, 0.15) is 19.4 Å². The largest absolute Gasteiger partial charge is 0.508 e. The molecule has 1 N–H and O–H groups in total. The van der Waals surface area contributed by atoms with Gasteiger partial charge >= 0.3 is 0 Å². The Hall–Kier alpha value is -1.28. The second kappa shape index (κ2) is 5.71. The van der Waals surface area contributed by atoms with Gasteiger partial charge in [0, 0.05) is 6.54 Å². The van der Waals surface area contributed by atoms with Crippen molar-refractivity contribution in [2.24, 2.45) is 5.92 Å². The number of phenols is 1. The Morgan fingerprint density at radius 1 is 1.44 bits per heavy atom. The lowest BCUT2D eigenvalue weighted by atomic mass is 9.93. The summed E-state index contributed by atoms with van der Waals surface area (Å²) in [7, 11) is 4.15. The molecule has 0 unspecified atom stereocenters. The van der Waals surface area contributed by atoms with Crippen LogP contribution in [0.3, 0.4) is 0 Å². The molecule has 2 heteroatoms. The molecule has 2 nitrogen and oxygen atoms in total. The monoisotopic (exact) mass is 219 g/mol. The average molecular weight is 219 g/mol. The minimum Gasteiger partial charge on any atom is -0.508 e. The molecule has 0 heterocycles. The maximum Gasteiger partial charge on any atom is 0.116 e. The van der Waals surface area contributed by atoms with Gasteiger partial charge in [-0.25, -0.2) is 0 Å². The van der Waals surface area contributed by atoms with E-state index < -0.39 is 0 Å². The van der Waals surface area contributed by atoms with Gasteiger partial charge in [0.1, 0.15) is 5.75 Å². The fourth-order valence-electron chi connectivity index (χ4n) is 2.07. The third-order valence-electron chi connectivity index (χ3n) is 2.66. The molecule has 0 saturated carbocycles. The average Bonchev–Trinajstić information content (AvgIpc) is 2.17. The Morgan fingerprint density at radius 2 is 2.12 bits per heavy atom. The van der Waals surface area contributed by atoms with E-state index in [9.17, 15) is 5.11 Å². The van der Waals surface area contributed by atoms with E-state index in [4.69, 9.17) is 0 Å². The Balaban J connectivity index is 2.91. The van der Waals surface area contributed by atoms with E-state index in [2.05, 4.69) is 32.0 Å². The van der Waals surface area contributed by atoms with Gasteiger partial charge in [0.25, 0.3) is 0 Å². The van der Waals surface area contributed by atoms with Crippen LogP contribution >= 0.6 is 0 Å². The quantitative estimate of drug-likeness (QED) is 0.841. The lowest BCUT2D eigenvalue weighted by molar-refractivity contribution is 0.376. The molecule has 0 aromatic heterocycles. The summed E-state index contributed by atoms with van der Waals surface area (Å²) in [5.74, 6) is 0.788. The third-order valence-corrected chi connectivity index (χ3v) is 2.66. The zero-order chi connectivity index (χ0) is 12.1. The molecule has 0 aliphatic heterocycles. The number of nitrogens with zero attached hydrogens (tertiary/aromatic N) is 1. The van der Waals surface area contributed by atoms with Crippen molar-refractivity contribution in [3.8, 4) is 5.75 Å². The fourth-order valence-corrected chi connectivity index (χ4v) is 2.07. The van der Waals surface area contributed by atoms with Crippen LogP contribution in [-0.2, 0) is 0 Å². The lowest BCUT2D eigenvalue weighted by Crippen LogP contribution is -2.20. The Kier molecular flexibility index (Phi) is 4.56. The Bertz CT molecular complexity index is 369. The van der Waals surface area contributed by atoms with Crippen LogP contribution in [0.4, 0.5) is 0 Å². The van der Waals surface area contributed by atoms with Crippen molar-refractivity contribution in [1.29, 1.82) is 0 Å². The first-order chi connectivity index (χ1) is 7.54. The molecule has 0 radical (unpaired) electrons. The van der Waals surface area contributed by atoms with Crippen LogP contribution in [0, 0.1) is 5.92 Å². The van der Waals surface area contributed by atoms with Gasteiger partial charge in [0.05, 0.1) is 0 Å². The topological polar surface area (TPSA) is 23.5 Å². The van der Waals surface area contributed by atoms with Crippen molar-refractivity contribution in [1.82, 2.24) is 4.90 Å². The van der Waals surface area contributed by atoms with Crippen molar-refractivity contribution >= 4 is 5.57 Å². The van der Waals surface area contributed by atoms with E-state index in [0.29, 0.717) is 11.7 Å². The highest BCUT2D eigenvalue weighted by molar-refractivity contribution is 5.68. The maximum atomic E-state index is 9.48. The van der Waals surface area contributed by atoms with Crippen LogP contribution in [-0.4, -0.2) is 30.6 Å². The molecule has 0 bridgehead atoms. The molecule has 0 saturated heterocycles. The normalized spacial score (nSPS) is 14.2. The summed E-state index contributed by atoms with van der Waals surface area (Å²) in [6.45, 7) is 5.26. The predicted molar refractivity (Wildman–Crippen MR) is 69.5 cm³/mol. The number of hydrogen-bond acceptors (Lipinski definition) is 2. The SMILES string of the molecule is C/C=C(\c1cccc(O)c1)[C@@H](C)CN(C)C. The van der Waals surface area contributed by atoms with Crippen LogP contribution in [0.25, 0.3) is 5.57 Å². The molecule has 0 amide bonds. The second-order valence-corrected chi connectivity index (χ2v) is 4.46. The molecule has 0 fully saturated rings. The van der Waals surface area contributed by atoms with Crippen LogP contribution in [0.2, 0.25) is 0 Å². The van der Waals surface area contributed by atoms with Gasteiger partial charge in [0.15, 0.2) is 0 Å². The Labute approximate surface area is 98.2 Å². The number of aromatic hydroxyl groups is 1. The first kappa shape index (κ1) is 12.8. The van der Waals surface area contributed by atoms with Crippen LogP contribution in [0.5, 0.6) is 5.75 Å². The molecular formula is C14H21NO. The van der Waals surface area contributed by atoms with Crippen LogP contribution in [0.15, 0.2) is 30.3 Å². The van der Waals surface area contributed by atoms with E-state index in [0.717, 1.165) is 12.1 Å².